The van der Waals surface area contributed by atoms with Gasteiger partial charge in [0, 0.05) is 6.07 Å². The van der Waals surface area contributed by atoms with Gasteiger partial charge in [-0.1, -0.05) is 0 Å². The SMILES string of the molecule is CC1(C)OB(c2ncc(OC3CC3)cc2S(N)(=O)=O)OC1(C)C. The van der Waals surface area contributed by atoms with Crippen molar-refractivity contribution in [1.82, 2.24) is 4.98 Å². The molecule has 0 unspecified atom stereocenters. The molecule has 2 N–H and O–H groups in total. The van der Waals surface area contributed by atoms with Crippen molar-refractivity contribution in [1.29, 1.82) is 0 Å². The fourth-order valence-electron chi connectivity index (χ4n) is 2.24. The van der Waals surface area contributed by atoms with Crippen molar-refractivity contribution in [3.8, 4) is 5.75 Å². The van der Waals surface area contributed by atoms with Gasteiger partial charge >= 0.3 is 7.12 Å². The van der Waals surface area contributed by atoms with Crippen molar-refractivity contribution in [3.63, 3.8) is 0 Å². The molecule has 1 saturated carbocycles. The van der Waals surface area contributed by atoms with Crippen LogP contribution in [0.25, 0.3) is 0 Å². The Kier molecular flexibility index (Phi) is 3.75. The molecule has 0 atom stereocenters. The number of nitrogens with zero attached hydrogens (tertiary/aromatic N) is 1. The molecule has 2 fully saturated rings. The summed E-state index contributed by atoms with van der Waals surface area (Å²) in [4.78, 5) is 4.07. The van der Waals surface area contributed by atoms with E-state index in [-0.39, 0.29) is 16.6 Å². The Morgan fingerprint density at radius 1 is 1.26 bits per heavy atom. The van der Waals surface area contributed by atoms with E-state index >= 15 is 0 Å². The maximum Gasteiger partial charge on any atom is 0.515 e. The van der Waals surface area contributed by atoms with Crippen LogP contribution in [0.15, 0.2) is 17.2 Å². The summed E-state index contributed by atoms with van der Waals surface area (Å²) in [6.45, 7) is 7.53. The number of ether oxygens (including phenoxy) is 1. The minimum absolute atomic E-state index is 0.130. The predicted molar refractivity (Wildman–Crippen MR) is 85.0 cm³/mol. The Morgan fingerprint density at radius 2 is 1.83 bits per heavy atom. The molecule has 1 aliphatic carbocycles. The standard InChI is InChI=1S/C14H21BN2O5S/c1-13(2)14(3,4)22-15(21-13)12-11(23(16,18)19)7-10(8-17-12)20-9-5-6-9/h7-9H,5-6H2,1-4H3,(H2,16,18,19). The molecule has 9 heteroatoms. The number of primary sulfonamides is 1. The van der Waals surface area contributed by atoms with Crippen LogP contribution in [0.5, 0.6) is 5.75 Å². The third kappa shape index (κ3) is 3.23. The Morgan fingerprint density at radius 3 is 2.30 bits per heavy atom. The molecule has 1 aliphatic heterocycles. The Bertz CT molecular complexity index is 715. The lowest BCUT2D eigenvalue weighted by atomic mass is 9.84. The summed E-state index contributed by atoms with van der Waals surface area (Å²) in [5.74, 6) is 0.386. The van der Waals surface area contributed by atoms with E-state index in [1.807, 2.05) is 27.7 Å². The molecular weight excluding hydrogens is 319 g/mol. The highest BCUT2D eigenvalue weighted by molar-refractivity contribution is 7.89. The first kappa shape index (κ1) is 16.7. The van der Waals surface area contributed by atoms with Crippen LogP contribution in [0.4, 0.5) is 0 Å². The maximum atomic E-state index is 12.0. The molecule has 3 rings (SSSR count). The summed E-state index contributed by atoms with van der Waals surface area (Å²) < 4.78 is 41.3. The van der Waals surface area contributed by atoms with E-state index in [1.54, 1.807) is 0 Å². The summed E-state index contributed by atoms with van der Waals surface area (Å²) in [6, 6.07) is 1.39. The fraction of sp³-hybridized carbons (Fsp3) is 0.643. The van der Waals surface area contributed by atoms with E-state index in [4.69, 9.17) is 19.2 Å². The first-order valence-corrected chi connectivity index (χ1v) is 9.09. The van der Waals surface area contributed by atoms with E-state index in [0.29, 0.717) is 5.75 Å². The normalized spacial score (nSPS) is 23.1. The maximum absolute atomic E-state index is 12.0. The monoisotopic (exact) mass is 340 g/mol. The molecule has 23 heavy (non-hydrogen) atoms. The van der Waals surface area contributed by atoms with Crippen LogP contribution in [0.2, 0.25) is 0 Å². The number of pyridine rings is 1. The van der Waals surface area contributed by atoms with Crippen molar-refractivity contribution in [3.05, 3.63) is 12.3 Å². The van der Waals surface area contributed by atoms with E-state index in [0.717, 1.165) is 12.8 Å². The highest BCUT2D eigenvalue weighted by atomic mass is 32.2. The molecule has 0 radical (unpaired) electrons. The molecule has 126 valence electrons. The largest absolute Gasteiger partial charge is 0.515 e. The average Bonchev–Trinajstić information content (AvgIpc) is 3.16. The summed E-state index contributed by atoms with van der Waals surface area (Å²) >= 11 is 0. The summed E-state index contributed by atoms with van der Waals surface area (Å²) in [6.07, 6.45) is 3.54. The van der Waals surface area contributed by atoms with Crippen LogP contribution in [0.3, 0.4) is 0 Å². The van der Waals surface area contributed by atoms with Crippen molar-refractivity contribution in [2.75, 3.05) is 0 Å². The van der Waals surface area contributed by atoms with Gasteiger partial charge in [0.05, 0.1) is 29.1 Å². The van der Waals surface area contributed by atoms with Crippen LogP contribution in [-0.2, 0) is 19.3 Å². The number of aromatic nitrogens is 1. The van der Waals surface area contributed by atoms with Crippen LogP contribution < -0.4 is 15.5 Å². The fourth-order valence-corrected chi connectivity index (χ4v) is 2.96. The third-order valence-electron chi connectivity index (χ3n) is 4.47. The first-order valence-electron chi connectivity index (χ1n) is 7.55. The third-order valence-corrected chi connectivity index (χ3v) is 5.41. The van der Waals surface area contributed by atoms with Crippen molar-refractivity contribution in [2.24, 2.45) is 5.14 Å². The molecule has 0 amide bonds. The van der Waals surface area contributed by atoms with Gasteiger partial charge in [-0.25, -0.2) is 13.6 Å². The van der Waals surface area contributed by atoms with E-state index < -0.39 is 28.3 Å². The van der Waals surface area contributed by atoms with Crippen LogP contribution in [0, 0.1) is 0 Å². The van der Waals surface area contributed by atoms with Crippen LogP contribution >= 0.6 is 0 Å². The van der Waals surface area contributed by atoms with Crippen molar-refractivity contribution in [2.45, 2.75) is 62.7 Å². The highest BCUT2D eigenvalue weighted by Gasteiger charge is 2.53. The molecule has 2 aliphatic rings. The smallest absolute Gasteiger partial charge is 0.489 e. The molecule has 2 heterocycles. The second-order valence-electron chi connectivity index (χ2n) is 7.00. The van der Waals surface area contributed by atoms with Gasteiger partial charge in [-0.15, -0.1) is 0 Å². The van der Waals surface area contributed by atoms with Gasteiger partial charge in [-0.05, 0) is 40.5 Å². The summed E-state index contributed by atoms with van der Waals surface area (Å²) in [5.41, 5.74) is -1.05. The number of hydrogen-bond acceptors (Lipinski definition) is 6. The number of sulfonamides is 1. The van der Waals surface area contributed by atoms with Gasteiger partial charge < -0.3 is 14.0 Å². The molecule has 0 spiro atoms. The van der Waals surface area contributed by atoms with Gasteiger partial charge in [0.25, 0.3) is 0 Å². The van der Waals surface area contributed by atoms with Crippen LogP contribution in [-0.4, -0.2) is 37.8 Å². The van der Waals surface area contributed by atoms with Crippen molar-refractivity contribution >= 4 is 22.7 Å². The zero-order chi connectivity index (χ0) is 17.0. The quantitative estimate of drug-likeness (QED) is 0.804. The minimum Gasteiger partial charge on any atom is -0.489 e. The Hall–Kier alpha value is -1.16. The zero-order valence-electron chi connectivity index (χ0n) is 13.7. The van der Waals surface area contributed by atoms with Gasteiger partial charge in [-0.2, -0.15) is 0 Å². The average molecular weight is 340 g/mol. The summed E-state index contributed by atoms with van der Waals surface area (Å²) in [5, 5.41) is 5.34. The second kappa shape index (κ2) is 5.17. The number of hydrogen-bond donors (Lipinski definition) is 1. The van der Waals surface area contributed by atoms with Crippen molar-refractivity contribution < 1.29 is 22.5 Å². The lowest BCUT2D eigenvalue weighted by Crippen LogP contribution is -2.41. The molecule has 1 aromatic heterocycles. The van der Waals surface area contributed by atoms with Gasteiger partial charge in [-0.3, -0.25) is 4.98 Å². The van der Waals surface area contributed by atoms with Crippen LogP contribution in [0.1, 0.15) is 40.5 Å². The molecule has 0 bridgehead atoms. The number of rotatable bonds is 4. The zero-order valence-corrected chi connectivity index (χ0v) is 14.5. The first-order chi connectivity index (χ1) is 10.5. The lowest BCUT2D eigenvalue weighted by molar-refractivity contribution is 0.00578. The molecule has 1 saturated heterocycles. The lowest BCUT2D eigenvalue weighted by Gasteiger charge is -2.32. The van der Waals surface area contributed by atoms with Gasteiger partial charge in [0.15, 0.2) is 0 Å². The number of nitrogens with two attached hydrogens (primary N) is 1. The molecule has 0 aromatic carbocycles. The topological polar surface area (TPSA) is 101 Å². The summed E-state index contributed by atoms with van der Waals surface area (Å²) in [7, 11) is -4.89. The van der Waals surface area contributed by atoms with E-state index in [9.17, 15) is 8.42 Å². The Labute approximate surface area is 136 Å². The van der Waals surface area contributed by atoms with Gasteiger partial charge in [0.2, 0.25) is 10.0 Å². The molecule has 7 nitrogen and oxygen atoms in total. The van der Waals surface area contributed by atoms with E-state index in [2.05, 4.69) is 4.98 Å². The van der Waals surface area contributed by atoms with Gasteiger partial charge in [0.1, 0.15) is 10.6 Å². The molecular formula is C14H21BN2O5S. The van der Waals surface area contributed by atoms with E-state index in [1.165, 1.54) is 12.3 Å². The minimum atomic E-state index is -3.99. The Balaban J connectivity index is 1.98. The molecule has 1 aromatic rings. The second-order valence-corrected chi connectivity index (χ2v) is 8.53. The highest BCUT2D eigenvalue weighted by Crippen LogP contribution is 2.37. The predicted octanol–water partition coefficient (Wildman–Crippen LogP) is 0.569.